The van der Waals surface area contributed by atoms with Gasteiger partial charge in [0, 0.05) is 11.7 Å². The van der Waals surface area contributed by atoms with Crippen molar-refractivity contribution in [3.8, 4) is 0 Å². The molecule has 0 radical (unpaired) electrons. The molecule has 0 aromatic carbocycles. The summed E-state index contributed by atoms with van der Waals surface area (Å²) in [5.41, 5.74) is 0. The van der Waals surface area contributed by atoms with E-state index in [1.165, 1.54) is 11.3 Å². The molecule has 2 rings (SSSR count). The van der Waals surface area contributed by atoms with Crippen molar-refractivity contribution < 1.29 is 4.79 Å². The van der Waals surface area contributed by atoms with E-state index in [0.717, 1.165) is 22.9 Å². The number of rotatable bonds is 5. The summed E-state index contributed by atoms with van der Waals surface area (Å²) in [7, 11) is 0. The molecule has 0 bridgehead atoms. The maximum Gasteiger partial charge on any atom is 0.229 e. The zero-order valence-corrected chi connectivity index (χ0v) is 9.74. The van der Waals surface area contributed by atoms with E-state index < -0.39 is 0 Å². The molecule has 80 valence electrons. The van der Waals surface area contributed by atoms with Gasteiger partial charge in [-0.1, -0.05) is 29.2 Å². The highest BCUT2D eigenvalue weighted by molar-refractivity contribution is 8.01. The molecule has 1 aromatic heterocycles. The normalized spacial score (nSPS) is 14.9. The lowest BCUT2D eigenvalue weighted by molar-refractivity contribution is -0.117. The topological polar surface area (TPSA) is 54.9 Å². The van der Waals surface area contributed by atoms with E-state index in [1.54, 1.807) is 11.8 Å². The molecule has 0 unspecified atom stereocenters. The first-order chi connectivity index (χ1) is 7.29. The molecule has 0 saturated heterocycles. The van der Waals surface area contributed by atoms with Crippen molar-refractivity contribution in [3.63, 3.8) is 0 Å². The Kier molecular flexibility index (Phi) is 3.37. The lowest BCUT2D eigenvalue weighted by Gasteiger charge is -1.95. The van der Waals surface area contributed by atoms with Gasteiger partial charge in [-0.15, -0.1) is 16.8 Å². The molecule has 1 aromatic rings. The Morgan fingerprint density at radius 2 is 2.47 bits per heavy atom. The van der Waals surface area contributed by atoms with Crippen LogP contribution in [0.1, 0.15) is 12.8 Å². The average Bonchev–Trinajstić information content (AvgIpc) is 2.99. The highest BCUT2D eigenvalue weighted by Crippen LogP contribution is 2.31. The summed E-state index contributed by atoms with van der Waals surface area (Å²) in [4.78, 5) is 11.4. The lowest BCUT2D eigenvalue weighted by atomic mass is 10.4. The Labute approximate surface area is 96.2 Å². The molecule has 1 saturated carbocycles. The van der Waals surface area contributed by atoms with Gasteiger partial charge in [0.05, 0.1) is 0 Å². The standard InChI is InChI=1S/C9H11N3OS2/c1-2-5-14-9-12-11-8(15-9)10-7(13)6-3-4-6/h2,6H,1,3-5H2,(H,10,11,13). The number of thioether (sulfide) groups is 1. The Bertz CT molecular complexity index is 373. The Morgan fingerprint density at radius 1 is 1.67 bits per heavy atom. The van der Waals surface area contributed by atoms with Gasteiger partial charge >= 0.3 is 0 Å². The fourth-order valence-electron chi connectivity index (χ4n) is 1.00. The highest BCUT2D eigenvalue weighted by Gasteiger charge is 2.30. The number of amides is 1. The molecule has 6 heteroatoms. The predicted octanol–water partition coefficient (Wildman–Crippen LogP) is 2.16. The molecule has 1 N–H and O–H groups in total. The monoisotopic (exact) mass is 241 g/mol. The minimum absolute atomic E-state index is 0.0754. The minimum Gasteiger partial charge on any atom is -0.300 e. The van der Waals surface area contributed by atoms with Crippen LogP contribution < -0.4 is 5.32 Å². The van der Waals surface area contributed by atoms with Crippen LogP contribution >= 0.6 is 23.1 Å². The van der Waals surface area contributed by atoms with Crippen molar-refractivity contribution in [1.29, 1.82) is 0 Å². The molecule has 0 aliphatic heterocycles. The number of aromatic nitrogens is 2. The van der Waals surface area contributed by atoms with Crippen LogP contribution in [-0.4, -0.2) is 21.9 Å². The highest BCUT2D eigenvalue weighted by atomic mass is 32.2. The van der Waals surface area contributed by atoms with Crippen LogP contribution in [0, 0.1) is 5.92 Å². The van der Waals surface area contributed by atoms with Gasteiger partial charge in [-0.2, -0.15) is 0 Å². The van der Waals surface area contributed by atoms with Gasteiger partial charge in [-0.25, -0.2) is 0 Å². The number of carbonyl (C=O) groups excluding carboxylic acids is 1. The van der Waals surface area contributed by atoms with Crippen LogP contribution in [0.2, 0.25) is 0 Å². The molecule has 1 fully saturated rings. The summed E-state index contributed by atoms with van der Waals surface area (Å²) >= 11 is 2.98. The zero-order valence-electron chi connectivity index (χ0n) is 8.10. The summed E-state index contributed by atoms with van der Waals surface area (Å²) in [5, 5.41) is 11.2. The Morgan fingerprint density at radius 3 is 3.13 bits per heavy atom. The molecule has 0 spiro atoms. The van der Waals surface area contributed by atoms with Crippen molar-refractivity contribution >= 4 is 34.1 Å². The summed E-state index contributed by atoms with van der Waals surface area (Å²) in [6.45, 7) is 3.63. The third-order valence-electron chi connectivity index (χ3n) is 1.91. The summed E-state index contributed by atoms with van der Waals surface area (Å²) in [6, 6.07) is 0. The van der Waals surface area contributed by atoms with Crippen molar-refractivity contribution in [2.75, 3.05) is 11.1 Å². The van der Waals surface area contributed by atoms with Crippen molar-refractivity contribution in [3.05, 3.63) is 12.7 Å². The maximum atomic E-state index is 11.4. The Hall–Kier alpha value is -0.880. The van der Waals surface area contributed by atoms with E-state index in [4.69, 9.17) is 0 Å². The van der Waals surface area contributed by atoms with Gasteiger partial charge in [0.2, 0.25) is 11.0 Å². The second kappa shape index (κ2) is 4.76. The van der Waals surface area contributed by atoms with Gasteiger partial charge in [0.15, 0.2) is 4.34 Å². The van der Waals surface area contributed by atoms with Gasteiger partial charge in [0.1, 0.15) is 0 Å². The van der Waals surface area contributed by atoms with Crippen LogP contribution in [0.15, 0.2) is 17.0 Å². The largest absolute Gasteiger partial charge is 0.300 e. The van der Waals surface area contributed by atoms with E-state index in [0.29, 0.717) is 5.13 Å². The molecular weight excluding hydrogens is 230 g/mol. The van der Waals surface area contributed by atoms with Crippen molar-refractivity contribution in [2.45, 2.75) is 17.2 Å². The predicted molar refractivity (Wildman–Crippen MR) is 62.2 cm³/mol. The van der Waals surface area contributed by atoms with Gasteiger partial charge in [-0.05, 0) is 12.8 Å². The first-order valence-corrected chi connectivity index (χ1v) is 6.48. The van der Waals surface area contributed by atoms with Crippen LogP contribution in [0.5, 0.6) is 0 Å². The number of hydrogen-bond donors (Lipinski definition) is 1. The third kappa shape index (κ3) is 3.04. The molecule has 4 nitrogen and oxygen atoms in total. The maximum absolute atomic E-state index is 11.4. The van der Waals surface area contributed by atoms with Crippen molar-refractivity contribution in [2.24, 2.45) is 5.92 Å². The number of anilines is 1. The number of nitrogens with one attached hydrogen (secondary N) is 1. The first kappa shape index (κ1) is 10.6. The first-order valence-electron chi connectivity index (χ1n) is 4.67. The quantitative estimate of drug-likeness (QED) is 0.487. The fraction of sp³-hybridized carbons (Fsp3) is 0.444. The van der Waals surface area contributed by atoms with E-state index in [2.05, 4.69) is 22.1 Å². The summed E-state index contributed by atoms with van der Waals surface area (Å²) in [5.74, 6) is 1.09. The third-order valence-corrected chi connectivity index (χ3v) is 3.88. The summed E-state index contributed by atoms with van der Waals surface area (Å²) in [6.07, 6.45) is 3.82. The molecule has 1 aliphatic rings. The molecule has 1 amide bonds. The van der Waals surface area contributed by atoms with Crippen LogP contribution in [0.4, 0.5) is 5.13 Å². The van der Waals surface area contributed by atoms with Crippen LogP contribution in [0.3, 0.4) is 0 Å². The lowest BCUT2D eigenvalue weighted by Crippen LogP contribution is -2.12. The molecule has 0 atom stereocenters. The molecule has 1 aliphatic carbocycles. The molecule has 1 heterocycles. The van der Waals surface area contributed by atoms with Gasteiger partial charge < -0.3 is 5.32 Å². The Balaban J connectivity index is 1.88. The fourth-order valence-corrected chi connectivity index (χ4v) is 2.52. The van der Waals surface area contributed by atoms with E-state index in [9.17, 15) is 4.79 Å². The molecule has 15 heavy (non-hydrogen) atoms. The number of carbonyl (C=O) groups is 1. The van der Waals surface area contributed by atoms with Crippen LogP contribution in [-0.2, 0) is 4.79 Å². The number of hydrogen-bond acceptors (Lipinski definition) is 5. The van der Waals surface area contributed by atoms with Crippen LogP contribution in [0.25, 0.3) is 0 Å². The van der Waals surface area contributed by atoms with E-state index in [-0.39, 0.29) is 11.8 Å². The number of nitrogens with zero attached hydrogens (tertiary/aromatic N) is 2. The van der Waals surface area contributed by atoms with Gasteiger partial charge in [-0.3, -0.25) is 4.79 Å². The zero-order chi connectivity index (χ0) is 10.7. The van der Waals surface area contributed by atoms with Crippen molar-refractivity contribution in [1.82, 2.24) is 10.2 Å². The van der Waals surface area contributed by atoms with E-state index in [1.807, 2.05) is 6.08 Å². The van der Waals surface area contributed by atoms with E-state index >= 15 is 0 Å². The molecular formula is C9H11N3OS2. The average molecular weight is 241 g/mol. The minimum atomic E-state index is 0.0754. The smallest absolute Gasteiger partial charge is 0.229 e. The second-order valence-corrected chi connectivity index (χ2v) is 5.48. The van der Waals surface area contributed by atoms with Gasteiger partial charge in [0.25, 0.3) is 0 Å². The SMILES string of the molecule is C=CCSc1nnc(NC(=O)C2CC2)s1. The second-order valence-electron chi connectivity index (χ2n) is 3.24. The summed E-state index contributed by atoms with van der Waals surface area (Å²) < 4.78 is 0.862.